The third-order valence-corrected chi connectivity index (χ3v) is 5.51. The number of aliphatic hydroxyl groups excluding tert-OH is 2. The second-order valence-corrected chi connectivity index (χ2v) is 8.76. The van der Waals surface area contributed by atoms with Crippen molar-refractivity contribution in [2.75, 3.05) is 0 Å². The van der Waals surface area contributed by atoms with Gasteiger partial charge in [-0.15, -0.1) is 0 Å². The lowest BCUT2D eigenvalue weighted by molar-refractivity contribution is -0.184. The summed E-state index contributed by atoms with van der Waals surface area (Å²) in [5.74, 6) is -2.25. The number of esters is 1. The van der Waals surface area contributed by atoms with Crippen LogP contribution >= 0.6 is 0 Å². The molecule has 0 saturated heterocycles. The minimum atomic E-state index is -2.07. The number of aryl methyl sites for hydroxylation is 1. The number of primary amides is 1. The standard InChI is InChI=1S/C26H35NO7/c1-17(2)8-14-21(28)23(26(31)32)24(25(27)30)34-22(29)15-11-18-9-12-20(13-10-18)33-16-19-6-4-3-5-7-19/h3-7,9-10,12-13,17,21,23-24,26,28,31-32H,8,11,14-16H2,1-2H3,(H2,27,30). The molecule has 2 aromatic rings. The van der Waals surface area contributed by atoms with Crippen LogP contribution in [-0.4, -0.2) is 45.7 Å². The van der Waals surface area contributed by atoms with Gasteiger partial charge in [0.1, 0.15) is 12.4 Å². The Kier molecular flexibility index (Phi) is 11.0. The zero-order chi connectivity index (χ0) is 25.1. The summed E-state index contributed by atoms with van der Waals surface area (Å²) in [6.07, 6.45) is -3.90. The summed E-state index contributed by atoms with van der Waals surface area (Å²) in [6, 6.07) is 17.0. The molecule has 0 aliphatic heterocycles. The van der Waals surface area contributed by atoms with Crippen LogP contribution in [0.2, 0.25) is 0 Å². The van der Waals surface area contributed by atoms with Crippen molar-refractivity contribution < 1.29 is 34.4 Å². The number of nitrogens with two attached hydrogens (primary N) is 1. The van der Waals surface area contributed by atoms with E-state index < -0.39 is 36.3 Å². The van der Waals surface area contributed by atoms with E-state index in [0.29, 0.717) is 25.2 Å². The number of carbonyl (C=O) groups excluding carboxylic acids is 2. The fourth-order valence-electron chi connectivity index (χ4n) is 3.52. The number of benzene rings is 2. The van der Waals surface area contributed by atoms with Crippen molar-refractivity contribution in [2.45, 2.75) is 64.6 Å². The molecule has 0 aliphatic rings. The van der Waals surface area contributed by atoms with Gasteiger partial charge < -0.3 is 30.5 Å². The average Bonchev–Trinajstić information content (AvgIpc) is 2.80. The molecule has 5 N–H and O–H groups in total. The monoisotopic (exact) mass is 473 g/mol. The van der Waals surface area contributed by atoms with Gasteiger partial charge in [0.25, 0.3) is 5.91 Å². The molecule has 0 radical (unpaired) electrons. The molecule has 3 unspecified atom stereocenters. The zero-order valence-corrected chi connectivity index (χ0v) is 19.7. The van der Waals surface area contributed by atoms with Crippen molar-refractivity contribution in [2.24, 2.45) is 17.6 Å². The summed E-state index contributed by atoms with van der Waals surface area (Å²) >= 11 is 0. The van der Waals surface area contributed by atoms with E-state index in [1.807, 2.05) is 56.3 Å². The maximum Gasteiger partial charge on any atom is 0.306 e. The summed E-state index contributed by atoms with van der Waals surface area (Å²) in [5.41, 5.74) is 7.26. The highest BCUT2D eigenvalue weighted by molar-refractivity contribution is 5.82. The first-order chi connectivity index (χ1) is 16.2. The predicted molar refractivity (Wildman–Crippen MR) is 126 cm³/mol. The number of hydrogen-bond donors (Lipinski definition) is 4. The van der Waals surface area contributed by atoms with E-state index in [4.69, 9.17) is 15.2 Å². The lowest BCUT2D eigenvalue weighted by atomic mass is 9.89. The van der Waals surface area contributed by atoms with Crippen LogP contribution in [0.15, 0.2) is 54.6 Å². The Morgan fingerprint density at radius 2 is 1.56 bits per heavy atom. The molecule has 8 nitrogen and oxygen atoms in total. The second-order valence-electron chi connectivity index (χ2n) is 8.76. The Balaban J connectivity index is 1.89. The SMILES string of the molecule is CC(C)CCC(O)C(C(O)O)C(OC(=O)CCc1ccc(OCc2ccccc2)cc1)C(N)=O. The van der Waals surface area contributed by atoms with Crippen LogP contribution in [0, 0.1) is 11.8 Å². The highest BCUT2D eigenvalue weighted by Gasteiger charge is 2.39. The lowest BCUT2D eigenvalue weighted by Crippen LogP contribution is -2.49. The predicted octanol–water partition coefficient (Wildman–Crippen LogP) is 2.32. The van der Waals surface area contributed by atoms with Crippen molar-refractivity contribution in [3.05, 3.63) is 65.7 Å². The van der Waals surface area contributed by atoms with Gasteiger partial charge in [-0.25, -0.2) is 0 Å². The Bertz CT molecular complexity index is 884. The first-order valence-corrected chi connectivity index (χ1v) is 11.5. The van der Waals surface area contributed by atoms with Crippen LogP contribution < -0.4 is 10.5 Å². The Morgan fingerprint density at radius 3 is 2.12 bits per heavy atom. The molecule has 0 bridgehead atoms. The van der Waals surface area contributed by atoms with E-state index in [1.54, 1.807) is 12.1 Å². The van der Waals surface area contributed by atoms with E-state index in [-0.39, 0.29) is 18.8 Å². The number of hydrogen-bond acceptors (Lipinski definition) is 7. The lowest BCUT2D eigenvalue weighted by Gasteiger charge is -2.30. The molecule has 34 heavy (non-hydrogen) atoms. The van der Waals surface area contributed by atoms with Gasteiger partial charge in [0.2, 0.25) is 0 Å². The van der Waals surface area contributed by atoms with Crippen molar-refractivity contribution in [3.63, 3.8) is 0 Å². The Labute approximate surface area is 200 Å². The van der Waals surface area contributed by atoms with Crippen LogP contribution in [-0.2, 0) is 27.4 Å². The Hall–Kier alpha value is -2.94. The van der Waals surface area contributed by atoms with Crippen molar-refractivity contribution in [1.29, 1.82) is 0 Å². The van der Waals surface area contributed by atoms with Crippen LogP contribution in [0.4, 0.5) is 0 Å². The van der Waals surface area contributed by atoms with Crippen molar-refractivity contribution in [1.82, 2.24) is 0 Å². The maximum absolute atomic E-state index is 12.4. The van der Waals surface area contributed by atoms with Crippen LogP contribution in [0.5, 0.6) is 5.75 Å². The van der Waals surface area contributed by atoms with Gasteiger partial charge in [0.05, 0.1) is 12.0 Å². The molecule has 0 aliphatic carbocycles. The molecular formula is C26H35NO7. The molecule has 0 heterocycles. The molecule has 2 rings (SSSR count). The van der Waals surface area contributed by atoms with Gasteiger partial charge in [-0.3, -0.25) is 9.59 Å². The highest BCUT2D eigenvalue weighted by Crippen LogP contribution is 2.23. The summed E-state index contributed by atoms with van der Waals surface area (Å²) in [5, 5.41) is 29.8. The quantitative estimate of drug-likeness (QED) is 0.244. The number of aliphatic hydroxyl groups is 3. The van der Waals surface area contributed by atoms with Crippen molar-refractivity contribution in [3.8, 4) is 5.75 Å². The van der Waals surface area contributed by atoms with Gasteiger partial charge in [-0.1, -0.05) is 56.3 Å². The highest BCUT2D eigenvalue weighted by atomic mass is 16.6. The molecule has 2 aromatic carbocycles. The zero-order valence-electron chi connectivity index (χ0n) is 19.7. The molecule has 0 spiro atoms. The summed E-state index contributed by atoms with van der Waals surface area (Å²) in [6.45, 7) is 4.34. The average molecular weight is 474 g/mol. The Morgan fingerprint density at radius 1 is 0.912 bits per heavy atom. The molecule has 0 saturated carbocycles. The molecular weight excluding hydrogens is 438 g/mol. The summed E-state index contributed by atoms with van der Waals surface area (Å²) in [4.78, 5) is 24.3. The van der Waals surface area contributed by atoms with E-state index in [9.17, 15) is 24.9 Å². The third-order valence-electron chi connectivity index (χ3n) is 5.51. The minimum absolute atomic E-state index is 0.0513. The second kappa shape index (κ2) is 13.7. The molecule has 3 atom stereocenters. The molecule has 186 valence electrons. The molecule has 8 heteroatoms. The first-order valence-electron chi connectivity index (χ1n) is 11.5. The van der Waals surface area contributed by atoms with Crippen LogP contribution in [0.3, 0.4) is 0 Å². The van der Waals surface area contributed by atoms with Gasteiger partial charge in [-0.05, 0) is 48.4 Å². The number of carbonyl (C=O) groups is 2. The van der Waals surface area contributed by atoms with Crippen molar-refractivity contribution >= 4 is 11.9 Å². The van der Waals surface area contributed by atoms with Gasteiger partial charge >= 0.3 is 5.97 Å². The fourth-order valence-corrected chi connectivity index (χ4v) is 3.52. The van der Waals surface area contributed by atoms with E-state index in [2.05, 4.69) is 0 Å². The normalized spacial score (nSPS) is 14.0. The summed E-state index contributed by atoms with van der Waals surface area (Å²) < 4.78 is 10.9. The third kappa shape index (κ3) is 9.13. The van der Waals surface area contributed by atoms with Crippen LogP contribution in [0.25, 0.3) is 0 Å². The molecule has 1 amide bonds. The van der Waals surface area contributed by atoms with E-state index in [1.165, 1.54) is 0 Å². The number of rotatable bonds is 14. The van der Waals surface area contributed by atoms with Gasteiger partial charge in [0, 0.05) is 6.42 Å². The molecule has 0 aromatic heterocycles. The summed E-state index contributed by atoms with van der Waals surface area (Å²) in [7, 11) is 0. The van der Waals surface area contributed by atoms with Crippen LogP contribution in [0.1, 0.15) is 44.2 Å². The maximum atomic E-state index is 12.4. The first kappa shape index (κ1) is 27.3. The molecule has 0 fully saturated rings. The smallest absolute Gasteiger partial charge is 0.306 e. The van der Waals surface area contributed by atoms with Gasteiger partial charge in [0.15, 0.2) is 12.4 Å². The topological polar surface area (TPSA) is 139 Å². The van der Waals surface area contributed by atoms with E-state index in [0.717, 1.165) is 11.1 Å². The minimum Gasteiger partial charge on any atom is -0.489 e. The fraction of sp³-hybridized carbons (Fsp3) is 0.462. The van der Waals surface area contributed by atoms with E-state index >= 15 is 0 Å². The largest absolute Gasteiger partial charge is 0.489 e. The number of amides is 1. The number of ether oxygens (including phenoxy) is 2. The van der Waals surface area contributed by atoms with Gasteiger partial charge in [-0.2, -0.15) is 0 Å².